The lowest BCUT2D eigenvalue weighted by Crippen LogP contribution is -2.33. The summed E-state index contributed by atoms with van der Waals surface area (Å²) in [6.07, 6.45) is -1.67. The van der Waals surface area contributed by atoms with Crippen LogP contribution in [0.1, 0.15) is 36.0 Å². The Labute approximate surface area is 266 Å². The van der Waals surface area contributed by atoms with E-state index in [2.05, 4.69) is 38.1 Å². The maximum absolute atomic E-state index is 12.8. The summed E-state index contributed by atoms with van der Waals surface area (Å²) in [5, 5.41) is 17.2. The van der Waals surface area contributed by atoms with Crippen LogP contribution in [0.2, 0.25) is 0 Å². The molecule has 2 heterocycles. The molecule has 1 atom stereocenters. The number of amidine groups is 1. The van der Waals surface area contributed by atoms with Crippen molar-refractivity contribution in [2.75, 3.05) is 17.2 Å². The highest BCUT2D eigenvalue weighted by molar-refractivity contribution is 8.15. The number of aryl methyl sites for hydroxylation is 2. The van der Waals surface area contributed by atoms with Gasteiger partial charge in [-0.25, -0.2) is 14.5 Å². The first-order chi connectivity index (χ1) is 22.0. The molecule has 5 rings (SSSR count). The van der Waals surface area contributed by atoms with Gasteiger partial charge in [0.05, 0.1) is 29.1 Å². The number of halogens is 3. The van der Waals surface area contributed by atoms with E-state index in [4.69, 9.17) is 0 Å². The van der Waals surface area contributed by atoms with Gasteiger partial charge in [-0.2, -0.15) is 10.3 Å². The van der Waals surface area contributed by atoms with Crippen LogP contribution in [0, 0.1) is 18.3 Å². The Bertz CT molecular complexity index is 1800. The molecule has 3 aromatic carbocycles. The number of nitrogens with one attached hydrogen (secondary N) is 1. The number of amides is 3. The molecule has 1 aliphatic rings. The van der Waals surface area contributed by atoms with Gasteiger partial charge < -0.3 is 10.1 Å². The quantitative estimate of drug-likeness (QED) is 0.219. The maximum Gasteiger partial charge on any atom is 0.573 e. The molecule has 236 valence electrons. The van der Waals surface area contributed by atoms with Gasteiger partial charge in [-0.05, 0) is 60.4 Å². The second-order valence-electron chi connectivity index (χ2n) is 10.3. The number of carbonyl (C=O) groups is 2. The highest BCUT2D eigenvalue weighted by atomic mass is 32.2. The lowest BCUT2D eigenvalue weighted by molar-refractivity contribution is -0.274. The number of rotatable bonds is 9. The van der Waals surface area contributed by atoms with Crippen LogP contribution in [0.5, 0.6) is 5.75 Å². The molecule has 1 fully saturated rings. The van der Waals surface area contributed by atoms with E-state index < -0.39 is 18.3 Å². The second kappa shape index (κ2) is 13.9. The smallest absolute Gasteiger partial charge is 0.406 e. The van der Waals surface area contributed by atoms with Gasteiger partial charge in [0, 0.05) is 12.1 Å². The fourth-order valence-electron chi connectivity index (χ4n) is 4.78. The molecule has 0 saturated carbocycles. The number of thioether (sulfide) groups is 1. The van der Waals surface area contributed by atoms with E-state index in [1.165, 1.54) is 51.9 Å². The molecular weight excluding hydrogens is 619 g/mol. The minimum Gasteiger partial charge on any atom is -0.406 e. The van der Waals surface area contributed by atoms with E-state index in [1.54, 1.807) is 24.3 Å². The zero-order chi connectivity index (χ0) is 32.8. The molecule has 0 spiro atoms. The Morgan fingerprint density at radius 2 is 1.89 bits per heavy atom. The molecule has 1 N–H and O–H groups in total. The Hall–Kier alpha value is -5.16. The summed E-state index contributed by atoms with van der Waals surface area (Å²) in [5.41, 5.74) is 4.50. The van der Waals surface area contributed by atoms with Gasteiger partial charge in [-0.1, -0.05) is 61.5 Å². The van der Waals surface area contributed by atoms with Gasteiger partial charge in [0.15, 0.2) is 11.0 Å². The van der Waals surface area contributed by atoms with Crippen LogP contribution in [0.4, 0.5) is 23.7 Å². The SMILES string of the molecule is CCCc1ccc(C)cc1N1C(=O)CS/C1=N\C(=O)NCC(C#N)c1ccc(-c2ncn(-c3ccc(OC(F)(F)F)cc3)n2)cc1. The van der Waals surface area contributed by atoms with Crippen molar-refractivity contribution in [3.05, 3.63) is 89.7 Å². The van der Waals surface area contributed by atoms with Crippen LogP contribution in [-0.2, 0) is 11.2 Å². The van der Waals surface area contributed by atoms with Crippen molar-refractivity contribution in [1.82, 2.24) is 20.1 Å². The zero-order valence-corrected chi connectivity index (χ0v) is 25.6. The van der Waals surface area contributed by atoms with E-state index in [1.807, 2.05) is 25.1 Å². The van der Waals surface area contributed by atoms with E-state index in [0.29, 0.717) is 27.8 Å². The number of benzene rings is 3. The second-order valence-corrected chi connectivity index (χ2v) is 11.3. The lowest BCUT2D eigenvalue weighted by Gasteiger charge is -2.20. The first-order valence-electron chi connectivity index (χ1n) is 14.2. The predicted octanol–water partition coefficient (Wildman–Crippen LogP) is 6.55. The van der Waals surface area contributed by atoms with Crippen molar-refractivity contribution in [2.45, 2.75) is 39.0 Å². The predicted molar refractivity (Wildman–Crippen MR) is 168 cm³/mol. The summed E-state index contributed by atoms with van der Waals surface area (Å²) in [6.45, 7) is 4.00. The summed E-state index contributed by atoms with van der Waals surface area (Å²) >= 11 is 1.19. The van der Waals surface area contributed by atoms with Crippen molar-refractivity contribution in [2.24, 2.45) is 4.99 Å². The van der Waals surface area contributed by atoms with E-state index in [9.17, 15) is 28.0 Å². The lowest BCUT2D eigenvalue weighted by atomic mass is 9.99. The Morgan fingerprint density at radius 1 is 1.15 bits per heavy atom. The van der Waals surface area contributed by atoms with Crippen LogP contribution in [0.3, 0.4) is 0 Å². The first-order valence-corrected chi connectivity index (χ1v) is 15.2. The summed E-state index contributed by atoms with van der Waals surface area (Å²) in [6, 6.07) is 19.6. The minimum absolute atomic E-state index is 0.00344. The molecule has 1 aromatic heterocycles. The normalized spacial score (nSPS) is 14.7. The maximum atomic E-state index is 12.8. The summed E-state index contributed by atoms with van der Waals surface area (Å²) in [4.78, 5) is 35.5. The third-order valence-electron chi connectivity index (χ3n) is 6.97. The summed E-state index contributed by atoms with van der Waals surface area (Å²) in [5.74, 6) is -0.635. The van der Waals surface area contributed by atoms with Crippen LogP contribution in [0.15, 0.2) is 78.0 Å². The van der Waals surface area contributed by atoms with Crippen LogP contribution in [0.25, 0.3) is 17.1 Å². The summed E-state index contributed by atoms with van der Waals surface area (Å²) < 4.78 is 42.6. The van der Waals surface area contributed by atoms with Gasteiger partial charge in [0.2, 0.25) is 5.91 Å². The molecular formula is C32H28F3N7O3S. The minimum atomic E-state index is -4.78. The Kier molecular flexibility index (Phi) is 9.72. The topological polar surface area (TPSA) is 126 Å². The van der Waals surface area contributed by atoms with Crippen molar-refractivity contribution in [3.8, 4) is 28.9 Å². The van der Waals surface area contributed by atoms with Crippen molar-refractivity contribution in [3.63, 3.8) is 0 Å². The molecule has 0 radical (unpaired) electrons. The first kappa shape index (κ1) is 32.2. The number of hydrogen-bond acceptors (Lipinski definition) is 7. The number of carbonyl (C=O) groups excluding carboxylic acids is 2. The van der Waals surface area contributed by atoms with E-state index in [0.717, 1.165) is 29.7 Å². The Morgan fingerprint density at radius 3 is 2.57 bits per heavy atom. The van der Waals surface area contributed by atoms with Crippen LogP contribution in [-0.4, -0.2) is 50.5 Å². The van der Waals surface area contributed by atoms with Gasteiger partial charge in [-0.3, -0.25) is 9.69 Å². The average molecular weight is 648 g/mol. The number of aliphatic imine (C=N–C) groups is 1. The molecule has 10 nitrogen and oxygen atoms in total. The third kappa shape index (κ3) is 7.73. The molecule has 46 heavy (non-hydrogen) atoms. The standard InChI is InChI=1S/C32H28F3N7O3S/c1-3-4-22-6-5-20(2)15-27(22)42-28(43)18-46-31(42)39-30(44)37-17-24(16-36)21-7-9-23(10-8-21)29-38-19-41(40-29)25-11-13-26(14-12-25)45-32(33,34)35/h5-15,19,24H,3-4,17-18H2,1-2H3,(H,37,44)/b39-31-. The molecule has 0 aliphatic carbocycles. The van der Waals surface area contributed by atoms with Gasteiger partial charge in [0.1, 0.15) is 12.1 Å². The van der Waals surface area contributed by atoms with Gasteiger partial charge in [0.25, 0.3) is 0 Å². The molecule has 0 bridgehead atoms. The number of nitriles is 1. The fourth-order valence-corrected chi connectivity index (χ4v) is 5.64. The number of aromatic nitrogens is 3. The number of urea groups is 1. The van der Waals surface area contributed by atoms with E-state index >= 15 is 0 Å². The van der Waals surface area contributed by atoms with Crippen molar-refractivity contribution < 1.29 is 27.5 Å². The zero-order valence-electron chi connectivity index (χ0n) is 24.8. The van der Waals surface area contributed by atoms with Gasteiger partial charge in [-0.15, -0.1) is 18.3 Å². The average Bonchev–Trinajstić information content (AvgIpc) is 3.65. The monoisotopic (exact) mass is 647 g/mol. The fraction of sp³-hybridized carbons (Fsp3) is 0.250. The van der Waals surface area contributed by atoms with Crippen LogP contribution < -0.4 is 15.0 Å². The van der Waals surface area contributed by atoms with Crippen molar-refractivity contribution >= 4 is 34.6 Å². The molecule has 3 amide bonds. The molecule has 1 saturated heterocycles. The molecule has 1 unspecified atom stereocenters. The number of nitrogens with zero attached hydrogens (tertiary/aromatic N) is 6. The number of anilines is 1. The Balaban J connectivity index is 1.23. The molecule has 14 heteroatoms. The summed E-state index contributed by atoms with van der Waals surface area (Å²) in [7, 11) is 0. The highest BCUT2D eigenvalue weighted by Gasteiger charge is 2.32. The number of ether oxygens (including phenoxy) is 1. The highest BCUT2D eigenvalue weighted by Crippen LogP contribution is 2.31. The largest absolute Gasteiger partial charge is 0.573 e. The van der Waals surface area contributed by atoms with Crippen molar-refractivity contribution in [1.29, 1.82) is 5.26 Å². The molecule has 1 aliphatic heterocycles. The van der Waals surface area contributed by atoms with Crippen LogP contribution >= 0.6 is 11.8 Å². The van der Waals surface area contributed by atoms with E-state index in [-0.39, 0.29) is 24.0 Å². The van der Waals surface area contributed by atoms with Gasteiger partial charge >= 0.3 is 12.4 Å². The molecule has 4 aromatic rings. The number of hydrogen-bond donors (Lipinski definition) is 1. The third-order valence-corrected chi connectivity index (χ3v) is 7.90. The number of alkyl halides is 3.